The van der Waals surface area contributed by atoms with Gasteiger partial charge in [0.1, 0.15) is 26.6 Å². The molecule has 0 aliphatic rings. The summed E-state index contributed by atoms with van der Waals surface area (Å²) < 4.78 is 24.1. The second-order valence-electron chi connectivity index (χ2n) is 4.88. The Morgan fingerprint density at radius 1 is 1.32 bits per heavy atom. The van der Waals surface area contributed by atoms with Crippen molar-refractivity contribution in [2.75, 3.05) is 6.66 Å². The Morgan fingerprint density at radius 3 is 2.55 bits per heavy atom. The van der Waals surface area contributed by atoms with Gasteiger partial charge >= 0.3 is 0 Å². The van der Waals surface area contributed by atoms with Crippen molar-refractivity contribution in [1.29, 1.82) is 0 Å². The van der Waals surface area contributed by atoms with Gasteiger partial charge in [-0.15, -0.1) is 0 Å². The molecule has 0 fully saturated rings. The number of oxime groups is 1. The Labute approximate surface area is 129 Å². The number of hydrogen-bond acceptors (Lipinski definition) is 6. The number of nitrogens with zero attached hydrogens (tertiary/aromatic N) is 1. The Morgan fingerprint density at radius 2 is 1.95 bits per heavy atom. The van der Waals surface area contributed by atoms with Crippen LogP contribution >= 0.6 is 7.80 Å². The lowest BCUT2D eigenvalue weighted by Crippen LogP contribution is -2.39. The first-order chi connectivity index (χ1) is 10.4. The van der Waals surface area contributed by atoms with Gasteiger partial charge in [0.15, 0.2) is 5.91 Å². The molecule has 0 aromatic heterocycles. The molecule has 1 aromatic rings. The van der Waals surface area contributed by atoms with E-state index in [0.29, 0.717) is 0 Å². The number of alkyl halides is 1. The molecule has 0 spiro atoms. The molecule has 0 heterocycles. The molecule has 22 heavy (non-hydrogen) atoms. The molecule has 5 atom stereocenters. The Bertz CT molecular complexity index is 487. The van der Waals surface area contributed by atoms with Crippen LogP contribution in [0.2, 0.25) is 0 Å². The molecule has 1 rings (SSSR count). The number of aliphatic hydroxyl groups excluding tert-OH is 3. The summed E-state index contributed by atoms with van der Waals surface area (Å²) in [6.45, 7) is 1.41. The van der Waals surface area contributed by atoms with E-state index in [4.69, 9.17) is 4.84 Å². The molecular formula is C14H21FNO5P. The lowest BCUT2D eigenvalue weighted by atomic mass is 10.1. The maximum atomic E-state index is 13.2. The van der Waals surface area contributed by atoms with Crippen molar-refractivity contribution < 1.29 is 29.1 Å². The highest BCUT2D eigenvalue weighted by Crippen LogP contribution is 2.28. The fourth-order valence-corrected chi connectivity index (χ4v) is 2.20. The zero-order chi connectivity index (χ0) is 16.5. The molecule has 0 aliphatic carbocycles. The standard InChI is InChI=1S/C14H21FNO5P/c1-22(20)13(15)7-11(17)14(19)12(18)8-16-21-9-10-5-3-2-4-6-10/h2-6,8,11-14,17-19,22H,7,9H2,1H3/t11-,12+,13?,14-/m1/s1. The van der Waals surface area contributed by atoms with Gasteiger partial charge in [-0.2, -0.15) is 0 Å². The van der Waals surface area contributed by atoms with E-state index in [1.807, 2.05) is 30.3 Å². The van der Waals surface area contributed by atoms with E-state index in [2.05, 4.69) is 5.16 Å². The van der Waals surface area contributed by atoms with E-state index in [0.717, 1.165) is 11.8 Å². The molecular weight excluding hydrogens is 312 g/mol. The van der Waals surface area contributed by atoms with Gasteiger partial charge in [0.2, 0.25) is 0 Å². The summed E-state index contributed by atoms with van der Waals surface area (Å²) in [5.74, 6) is -1.70. The van der Waals surface area contributed by atoms with E-state index >= 15 is 0 Å². The molecule has 6 nitrogen and oxygen atoms in total. The van der Waals surface area contributed by atoms with Crippen LogP contribution in [0.15, 0.2) is 35.5 Å². The van der Waals surface area contributed by atoms with Crippen LogP contribution in [0.25, 0.3) is 0 Å². The Kier molecular flexibility index (Phi) is 8.27. The average molecular weight is 333 g/mol. The van der Waals surface area contributed by atoms with Gasteiger partial charge in [-0.3, -0.25) is 0 Å². The third-order valence-electron chi connectivity index (χ3n) is 3.00. The first-order valence-corrected chi connectivity index (χ1v) is 8.78. The number of rotatable bonds is 9. The largest absolute Gasteiger partial charge is 0.391 e. The highest BCUT2D eigenvalue weighted by atomic mass is 31.1. The van der Waals surface area contributed by atoms with Crippen LogP contribution in [0.1, 0.15) is 12.0 Å². The smallest absolute Gasteiger partial charge is 0.152 e. The monoisotopic (exact) mass is 333 g/mol. The molecule has 0 saturated carbocycles. The van der Waals surface area contributed by atoms with Gasteiger partial charge in [-0.1, -0.05) is 35.5 Å². The second kappa shape index (κ2) is 9.69. The van der Waals surface area contributed by atoms with E-state index in [-0.39, 0.29) is 6.61 Å². The lowest BCUT2D eigenvalue weighted by Gasteiger charge is -2.21. The maximum absolute atomic E-state index is 13.2. The number of halogens is 1. The predicted molar refractivity (Wildman–Crippen MR) is 82.2 cm³/mol. The topological polar surface area (TPSA) is 99.4 Å². The number of hydrogen-bond donors (Lipinski definition) is 3. The summed E-state index contributed by atoms with van der Waals surface area (Å²) in [6, 6.07) is 9.20. The molecule has 3 N–H and O–H groups in total. The van der Waals surface area contributed by atoms with Gasteiger partial charge in [-0.05, 0) is 12.2 Å². The van der Waals surface area contributed by atoms with E-state index in [1.165, 1.54) is 6.66 Å². The van der Waals surface area contributed by atoms with Gasteiger partial charge in [0.25, 0.3) is 0 Å². The zero-order valence-electron chi connectivity index (χ0n) is 12.2. The van der Waals surface area contributed by atoms with Crippen molar-refractivity contribution in [3.05, 3.63) is 35.9 Å². The second-order valence-corrected chi connectivity index (χ2v) is 6.72. The van der Waals surface area contributed by atoms with Gasteiger partial charge in [0, 0.05) is 6.42 Å². The van der Waals surface area contributed by atoms with Gasteiger partial charge in [0.05, 0.1) is 12.3 Å². The average Bonchev–Trinajstić information content (AvgIpc) is 2.51. The third-order valence-corrected chi connectivity index (χ3v) is 4.11. The number of aliphatic hydroxyl groups is 3. The Hall–Kier alpha value is -1.27. The van der Waals surface area contributed by atoms with E-state index in [1.54, 1.807) is 0 Å². The van der Waals surface area contributed by atoms with Gasteiger partial charge < -0.3 is 24.7 Å². The SMILES string of the molecule is C[PH](=O)C(F)C[C@@H](O)[C@@H](O)[C@@H](O)C=NOCc1ccccc1. The molecule has 1 aromatic carbocycles. The highest BCUT2D eigenvalue weighted by molar-refractivity contribution is 7.44. The fourth-order valence-electron chi connectivity index (χ4n) is 1.62. The molecule has 2 unspecified atom stereocenters. The zero-order valence-corrected chi connectivity index (χ0v) is 13.2. The molecule has 0 amide bonds. The predicted octanol–water partition coefficient (Wildman–Crippen LogP) is 1.15. The van der Waals surface area contributed by atoms with Gasteiger partial charge in [-0.25, -0.2) is 4.39 Å². The Balaban J connectivity index is 2.37. The van der Waals surface area contributed by atoms with Crippen LogP contribution in [0.3, 0.4) is 0 Å². The van der Waals surface area contributed by atoms with Crippen LogP contribution in [0.4, 0.5) is 4.39 Å². The fraction of sp³-hybridized carbons (Fsp3) is 0.500. The maximum Gasteiger partial charge on any atom is 0.152 e. The number of benzene rings is 1. The molecule has 0 saturated heterocycles. The first-order valence-electron chi connectivity index (χ1n) is 6.80. The minimum Gasteiger partial charge on any atom is -0.391 e. The molecule has 0 bridgehead atoms. The van der Waals surface area contributed by atoms with Crippen molar-refractivity contribution in [3.8, 4) is 0 Å². The van der Waals surface area contributed by atoms with Crippen LogP contribution in [-0.2, 0) is 16.0 Å². The molecule has 0 radical (unpaired) electrons. The summed E-state index contributed by atoms with van der Waals surface area (Å²) in [7, 11) is -2.44. The van der Waals surface area contributed by atoms with E-state index in [9.17, 15) is 24.3 Å². The normalized spacial score (nSPS) is 18.6. The minimum absolute atomic E-state index is 0.188. The van der Waals surface area contributed by atoms with Crippen LogP contribution < -0.4 is 0 Å². The van der Waals surface area contributed by atoms with Crippen LogP contribution in [0.5, 0.6) is 0 Å². The first kappa shape index (κ1) is 18.8. The van der Waals surface area contributed by atoms with Crippen molar-refractivity contribution in [2.45, 2.75) is 37.3 Å². The minimum atomic E-state index is -2.44. The summed E-state index contributed by atoms with van der Waals surface area (Å²) in [4.78, 5) is 4.94. The van der Waals surface area contributed by atoms with Crippen molar-refractivity contribution in [3.63, 3.8) is 0 Å². The molecule has 124 valence electrons. The summed E-state index contributed by atoms with van der Waals surface area (Å²) in [5, 5.41) is 32.3. The summed E-state index contributed by atoms with van der Waals surface area (Å²) >= 11 is 0. The highest BCUT2D eigenvalue weighted by Gasteiger charge is 2.27. The third kappa shape index (κ3) is 6.66. The summed E-state index contributed by atoms with van der Waals surface area (Å²) in [5.41, 5.74) is 0.878. The quantitative estimate of drug-likeness (QED) is 0.358. The van der Waals surface area contributed by atoms with Crippen LogP contribution in [0, 0.1) is 0 Å². The molecule has 8 heteroatoms. The van der Waals surface area contributed by atoms with Crippen molar-refractivity contribution in [1.82, 2.24) is 0 Å². The summed E-state index contributed by atoms with van der Waals surface area (Å²) in [6.07, 6.45) is -4.29. The van der Waals surface area contributed by atoms with Crippen molar-refractivity contribution in [2.24, 2.45) is 5.16 Å². The van der Waals surface area contributed by atoms with Crippen LogP contribution in [-0.4, -0.2) is 52.4 Å². The lowest BCUT2D eigenvalue weighted by molar-refractivity contribution is -0.0409. The van der Waals surface area contributed by atoms with E-state index < -0.39 is 38.4 Å². The van der Waals surface area contributed by atoms with Crippen molar-refractivity contribution >= 4 is 14.0 Å². The molecule has 0 aliphatic heterocycles.